The van der Waals surface area contributed by atoms with E-state index in [1.807, 2.05) is 24.0 Å². The molecule has 1 saturated heterocycles. The van der Waals surface area contributed by atoms with E-state index >= 15 is 0 Å². The minimum Gasteiger partial charge on any atom is -0.488 e. The lowest BCUT2D eigenvalue weighted by molar-refractivity contribution is 0.245. The van der Waals surface area contributed by atoms with Crippen molar-refractivity contribution >= 4 is 17.5 Å². The van der Waals surface area contributed by atoms with E-state index in [0.29, 0.717) is 36.4 Å². The van der Waals surface area contributed by atoms with Gasteiger partial charge in [-0.15, -0.1) is 0 Å². The fourth-order valence-corrected chi connectivity index (χ4v) is 2.66. The normalized spacial score (nSPS) is 21.7. The van der Waals surface area contributed by atoms with Crippen molar-refractivity contribution in [3.8, 4) is 11.5 Å². The van der Waals surface area contributed by atoms with Crippen molar-refractivity contribution in [2.75, 3.05) is 32.9 Å². The predicted octanol–water partition coefficient (Wildman–Crippen LogP) is 0.885. The van der Waals surface area contributed by atoms with Crippen LogP contribution in [0.15, 0.2) is 22.1 Å². The van der Waals surface area contributed by atoms with Gasteiger partial charge in [0.2, 0.25) is 5.96 Å². The topological polar surface area (TPSA) is 85.0 Å². The highest BCUT2D eigenvalue weighted by Crippen LogP contribution is 2.43. The van der Waals surface area contributed by atoms with E-state index in [4.69, 9.17) is 19.9 Å². The van der Waals surface area contributed by atoms with Gasteiger partial charge < -0.3 is 19.9 Å². The molecule has 0 aromatic heterocycles. The van der Waals surface area contributed by atoms with Crippen molar-refractivity contribution in [1.82, 2.24) is 4.90 Å². The maximum atomic E-state index is 6.06. The van der Waals surface area contributed by atoms with E-state index in [9.17, 15) is 0 Å². The third-order valence-corrected chi connectivity index (χ3v) is 3.80. The Kier molecular flexibility index (Phi) is 3.15. The van der Waals surface area contributed by atoms with Crippen LogP contribution >= 0.6 is 0 Å². The maximum absolute atomic E-state index is 6.06. The van der Waals surface area contributed by atoms with Crippen LogP contribution in [0, 0.1) is 0 Å². The molecule has 116 valence electrons. The number of rotatable bonds is 5. The van der Waals surface area contributed by atoms with Gasteiger partial charge in [0.05, 0.1) is 19.8 Å². The highest BCUT2D eigenvalue weighted by atomic mass is 16.6. The van der Waals surface area contributed by atoms with Gasteiger partial charge in [-0.25, -0.2) is 4.99 Å². The molecule has 0 radical (unpaired) electrons. The fraction of sp³-hybridized carbons (Fsp3) is 0.467. The summed E-state index contributed by atoms with van der Waals surface area (Å²) in [5, 5.41) is 0. The Morgan fingerprint density at radius 3 is 3.05 bits per heavy atom. The zero-order valence-corrected chi connectivity index (χ0v) is 12.4. The monoisotopic (exact) mass is 302 g/mol. The number of ether oxygens (including phenoxy) is 3. The number of epoxide rings is 1. The summed E-state index contributed by atoms with van der Waals surface area (Å²) in [6, 6.07) is 3.87. The SMILES string of the molecule is CCOc1c(OC[C@H]2CO2)ccc2c1N=C(N)N1CCN=C21. The summed E-state index contributed by atoms with van der Waals surface area (Å²) in [4.78, 5) is 11.0. The largest absolute Gasteiger partial charge is 0.488 e. The van der Waals surface area contributed by atoms with Crippen molar-refractivity contribution < 1.29 is 14.2 Å². The average Bonchev–Trinajstić information content (AvgIpc) is 3.21. The van der Waals surface area contributed by atoms with Crippen LogP contribution in [0.25, 0.3) is 0 Å². The number of amidine groups is 1. The molecule has 3 aliphatic rings. The molecule has 0 aliphatic carbocycles. The predicted molar refractivity (Wildman–Crippen MR) is 82.2 cm³/mol. The van der Waals surface area contributed by atoms with Crippen LogP contribution in [0.3, 0.4) is 0 Å². The van der Waals surface area contributed by atoms with Gasteiger partial charge in [-0.3, -0.25) is 9.89 Å². The zero-order valence-electron chi connectivity index (χ0n) is 12.4. The van der Waals surface area contributed by atoms with E-state index in [2.05, 4.69) is 9.98 Å². The highest BCUT2D eigenvalue weighted by molar-refractivity contribution is 6.16. The lowest BCUT2D eigenvalue weighted by atomic mass is 10.1. The summed E-state index contributed by atoms with van der Waals surface area (Å²) in [5.41, 5.74) is 7.70. The Labute approximate surface area is 128 Å². The van der Waals surface area contributed by atoms with E-state index in [0.717, 1.165) is 31.1 Å². The molecule has 7 heteroatoms. The molecule has 0 spiro atoms. The summed E-state index contributed by atoms with van der Waals surface area (Å²) in [6.45, 7) is 5.23. The fourth-order valence-electron chi connectivity index (χ4n) is 2.66. The van der Waals surface area contributed by atoms with Gasteiger partial charge in [0, 0.05) is 12.1 Å². The zero-order chi connectivity index (χ0) is 15.1. The second-order valence-corrected chi connectivity index (χ2v) is 5.32. The molecule has 3 heterocycles. The van der Waals surface area contributed by atoms with Crippen LogP contribution in [0.2, 0.25) is 0 Å². The molecule has 1 aromatic carbocycles. The molecule has 1 fully saturated rings. The minimum atomic E-state index is 0.189. The van der Waals surface area contributed by atoms with Gasteiger partial charge in [-0.05, 0) is 19.1 Å². The molecule has 0 unspecified atom stereocenters. The van der Waals surface area contributed by atoms with E-state index in [-0.39, 0.29) is 6.10 Å². The Balaban J connectivity index is 1.76. The van der Waals surface area contributed by atoms with Gasteiger partial charge in [0.15, 0.2) is 11.5 Å². The smallest absolute Gasteiger partial charge is 0.202 e. The molecular weight excluding hydrogens is 284 g/mol. The number of nitrogens with zero attached hydrogens (tertiary/aromatic N) is 3. The van der Waals surface area contributed by atoms with Crippen LogP contribution in [0.4, 0.5) is 5.69 Å². The van der Waals surface area contributed by atoms with Crippen molar-refractivity contribution in [2.45, 2.75) is 13.0 Å². The summed E-state index contributed by atoms with van der Waals surface area (Å²) in [5.74, 6) is 2.60. The summed E-state index contributed by atoms with van der Waals surface area (Å²) >= 11 is 0. The number of hydrogen-bond acceptors (Lipinski definition) is 7. The molecule has 2 N–H and O–H groups in total. The molecule has 4 rings (SSSR count). The lowest BCUT2D eigenvalue weighted by Gasteiger charge is -2.26. The molecule has 1 aromatic rings. The molecule has 3 aliphatic heterocycles. The van der Waals surface area contributed by atoms with Crippen molar-refractivity contribution in [1.29, 1.82) is 0 Å². The Morgan fingerprint density at radius 2 is 2.27 bits per heavy atom. The number of aliphatic imine (C=N–C) groups is 2. The number of nitrogens with two attached hydrogens (primary N) is 1. The van der Waals surface area contributed by atoms with Gasteiger partial charge in [0.25, 0.3) is 0 Å². The molecule has 0 saturated carbocycles. The Morgan fingerprint density at radius 1 is 1.41 bits per heavy atom. The maximum Gasteiger partial charge on any atom is 0.202 e. The Hall–Kier alpha value is -2.28. The second kappa shape index (κ2) is 5.17. The van der Waals surface area contributed by atoms with Crippen LogP contribution in [0.5, 0.6) is 11.5 Å². The summed E-state index contributed by atoms with van der Waals surface area (Å²) in [7, 11) is 0. The first-order chi connectivity index (χ1) is 10.8. The number of fused-ring (bicyclic) bond motifs is 3. The first-order valence-corrected chi connectivity index (χ1v) is 7.48. The van der Waals surface area contributed by atoms with Crippen molar-refractivity contribution in [2.24, 2.45) is 15.7 Å². The minimum absolute atomic E-state index is 0.189. The molecule has 7 nitrogen and oxygen atoms in total. The third kappa shape index (κ3) is 2.18. The first kappa shape index (κ1) is 13.4. The highest BCUT2D eigenvalue weighted by Gasteiger charge is 2.31. The standard InChI is InChI=1S/C15H18N4O3/c1-2-20-13-11(22-8-9-7-21-9)4-3-10-12(13)18-15(16)19-6-5-17-14(10)19/h3-4,9H,2,5-8H2,1H3,(H2,16,18)/t9-/m1/s1. The van der Waals surface area contributed by atoms with Gasteiger partial charge in [-0.2, -0.15) is 0 Å². The number of hydrogen-bond donors (Lipinski definition) is 1. The quantitative estimate of drug-likeness (QED) is 0.816. The van der Waals surface area contributed by atoms with Gasteiger partial charge in [0.1, 0.15) is 24.2 Å². The van der Waals surface area contributed by atoms with E-state index in [1.165, 1.54) is 0 Å². The molecular formula is C15H18N4O3. The van der Waals surface area contributed by atoms with Crippen molar-refractivity contribution in [3.63, 3.8) is 0 Å². The van der Waals surface area contributed by atoms with Crippen LogP contribution in [-0.4, -0.2) is 55.7 Å². The van der Waals surface area contributed by atoms with Crippen molar-refractivity contribution in [3.05, 3.63) is 17.7 Å². The summed E-state index contributed by atoms with van der Waals surface area (Å²) < 4.78 is 16.8. The molecule has 0 bridgehead atoms. The van der Waals surface area contributed by atoms with Gasteiger partial charge in [-0.1, -0.05) is 0 Å². The first-order valence-electron chi connectivity index (χ1n) is 7.48. The average molecular weight is 302 g/mol. The third-order valence-electron chi connectivity index (χ3n) is 3.80. The Bertz CT molecular complexity index is 667. The van der Waals surface area contributed by atoms with Gasteiger partial charge >= 0.3 is 0 Å². The van der Waals surface area contributed by atoms with Crippen LogP contribution < -0.4 is 15.2 Å². The second-order valence-electron chi connectivity index (χ2n) is 5.32. The van der Waals surface area contributed by atoms with E-state index in [1.54, 1.807) is 0 Å². The number of benzene rings is 1. The molecule has 0 amide bonds. The molecule has 22 heavy (non-hydrogen) atoms. The van der Waals surface area contributed by atoms with Crippen LogP contribution in [0.1, 0.15) is 12.5 Å². The number of guanidine groups is 1. The lowest BCUT2D eigenvalue weighted by Crippen LogP contribution is -2.42. The van der Waals surface area contributed by atoms with E-state index < -0.39 is 0 Å². The summed E-state index contributed by atoms with van der Waals surface area (Å²) in [6.07, 6.45) is 0.189. The van der Waals surface area contributed by atoms with Crippen LogP contribution in [-0.2, 0) is 4.74 Å². The molecule has 1 atom stereocenters.